The van der Waals surface area contributed by atoms with E-state index in [0.29, 0.717) is 0 Å². The van der Waals surface area contributed by atoms with Gasteiger partial charge in [-0.25, -0.2) is 9.55 Å². The lowest BCUT2D eigenvalue weighted by molar-refractivity contribution is -0.147. The number of esters is 1. The summed E-state index contributed by atoms with van der Waals surface area (Å²) in [7, 11) is -4.39. The van der Waals surface area contributed by atoms with Gasteiger partial charge in [-0.15, -0.1) is 0 Å². The van der Waals surface area contributed by atoms with E-state index in [2.05, 4.69) is 33.9 Å². The maximum Gasteiger partial charge on any atom is 0.459 e. The van der Waals surface area contributed by atoms with Crippen LogP contribution in [0, 0.1) is 12.0 Å². The predicted octanol–water partition coefficient (Wildman–Crippen LogP) is 8.87. The molecule has 0 saturated carbocycles. The first-order valence-electron chi connectivity index (χ1n) is 20.5. The van der Waals surface area contributed by atoms with Crippen molar-refractivity contribution in [2.75, 3.05) is 18.9 Å². The summed E-state index contributed by atoms with van der Waals surface area (Å²) >= 11 is 0. The molecule has 1 aliphatic heterocycles. The molecule has 4 N–H and O–H groups in total. The second-order valence-electron chi connectivity index (χ2n) is 15.3. The average Bonchev–Trinajstić information content (AvgIpc) is 3.76. The number of aliphatic hydroxyl groups is 1. The molecular weight excluding hydrogens is 750 g/mol. The van der Waals surface area contributed by atoms with Crippen molar-refractivity contribution >= 4 is 30.7 Å². The Balaban J connectivity index is 1.33. The number of halogens is 1. The van der Waals surface area contributed by atoms with Gasteiger partial charge in [0.15, 0.2) is 17.0 Å². The van der Waals surface area contributed by atoms with Crippen molar-refractivity contribution in [3.8, 4) is 5.75 Å². The number of unbranched alkanes of at least 4 members (excludes halogenated alkanes) is 8. The highest BCUT2D eigenvalue weighted by molar-refractivity contribution is 7.52. The van der Waals surface area contributed by atoms with Gasteiger partial charge in [-0.1, -0.05) is 127 Å². The number of hydrogen-bond donors (Lipinski definition) is 3. The van der Waals surface area contributed by atoms with Crippen LogP contribution < -0.4 is 15.3 Å². The molecule has 2 aromatic carbocycles. The molecule has 1 saturated heterocycles. The Morgan fingerprint density at radius 2 is 1.63 bits per heavy atom. The zero-order chi connectivity index (χ0) is 40.7. The van der Waals surface area contributed by atoms with Crippen LogP contribution in [0.2, 0.25) is 0 Å². The van der Waals surface area contributed by atoms with Crippen molar-refractivity contribution in [1.29, 1.82) is 0 Å². The number of nitrogens with zero attached hydrogens (tertiary/aromatic N) is 4. The maximum absolute atomic E-state index is 14.9. The van der Waals surface area contributed by atoms with Crippen LogP contribution in [0.1, 0.15) is 116 Å². The summed E-state index contributed by atoms with van der Waals surface area (Å²) < 4.78 is 54.9. The molecule has 0 spiro atoms. The lowest BCUT2D eigenvalue weighted by atomic mass is 9.95. The first kappa shape index (κ1) is 44.2. The van der Waals surface area contributed by atoms with Gasteiger partial charge >= 0.3 is 19.8 Å². The normalized spacial score (nSPS) is 19.8. The first-order chi connectivity index (χ1) is 27.5. The highest BCUT2D eigenvalue weighted by atomic mass is 31.2. The highest BCUT2D eigenvalue weighted by Gasteiger charge is 2.48. The van der Waals surface area contributed by atoms with Gasteiger partial charge in [-0.2, -0.15) is 19.4 Å². The zero-order valence-corrected chi connectivity index (χ0v) is 34.5. The number of hydrogen-bond acceptors (Lipinski definition) is 11. The van der Waals surface area contributed by atoms with E-state index in [-0.39, 0.29) is 48.1 Å². The lowest BCUT2D eigenvalue weighted by Crippen LogP contribution is -2.43. The van der Waals surface area contributed by atoms with Gasteiger partial charge in [0.2, 0.25) is 0 Å². The van der Waals surface area contributed by atoms with Crippen molar-refractivity contribution in [2.45, 2.75) is 135 Å². The molecular formula is C42H60FN6O7P. The Bertz CT molecular complexity index is 1860. The van der Waals surface area contributed by atoms with E-state index in [1.807, 2.05) is 30.3 Å². The van der Waals surface area contributed by atoms with Crippen LogP contribution in [0.3, 0.4) is 0 Å². The number of aromatic nitrogens is 4. The summed E-state index contributed by atoms with van der Waals surface area (Å²) in [6.45, 7) is 5.87. The number of carbonyl (C=O) groups excluding carboxylic acids is 1. The second-order valence-corrected chi connectivity index (χ2v) is 17.0. The standard InChI is InChI=1S/C42H60FN6O7P/c1-4-6-8-10-14-22-32(23-15-11-9-7-5-2)28-53-40(51)34(26-31-20-16-12-17-21-31)48-57(52,56-33-24-18-13-19-25-33)54-29-42(3)35(50)27-36(55-42)49-30-45-37-38(44)46-41(43)47-39(37)49/h12-13,16-21,24-25,30,32,34-36,50H,4-11,14-15,22-23,26-29H2,1-3H3,(H,48,52)(H2,44,46,47)/t34-,35-,36+,42+,57?/m0/s1. The van der Waals surface area contributed by atoms with Gasteiger partial charge in [0.05, 0.1) is 25.6 Å². The summed E-state index contributed by atoms with van der Waals surface area (Å²) in [6.07, 6.45) is 12.2. The quantitative estimate of drug-likeness (QED) is 0.0252. The minimum Gasteiger partial charge on any atom is -0.464 e. The Morgan fingerprint density at radius 1 is 1.00 bits per heavy atom. The SMILES string of the molecule is CCCCCCCC(CCCCCCC)COC(=O)[C@H](Cc1ccccc1)NP(=O)(OC[C@@]1(C)O[C@@H](n2cnc3c(N)nc(F)nc32)C[C@@H]1O)Oc1ccccc1. The number of benzene rings is 2. The van der Waals surface area contributed by atoms with Crippen molar-refractivity contribution in [2.24, 2.45) is 5.92 Å². The van der Waals surface area contributed by atoms with E-state index in [9.17, 15) is 18.9 Å². The molecule has 2 aromatic heterocycles. The summed E-state index contributed by atoms with van der Waals surface area (Å²) in [6, 6.07) is 16.8. The number of aliphatic hydroxyl groups excluding tert-OH is 1. The molecule has 4 aromatic rings. The second kappa shape index (κ2) is 21.7. The number of carbonyl (C=O) groups is 1. The molecule has 0 amide bonds. The molecule has 0 bridgehead atoms. The topological polar surface area (TPSA) is 173 Å². The Labute approximate surface area is 335 Å². The minimum atomic E-state index is -4.39. The van der Waals surface area contributed by atoms with Gasteiger partial charge in [0.1, 0.15) is 23.6 Å². The van der Waals surface area contributed by atoms with Gasteiger partial charge in [0.25, 0.3) is 0 Å². The van der Waals surface area contributed by atoms with E-state index in [0.717, 1.165) is 44.1 Å². The van der Waals surface area contributed by atoms with Crippen LogP contribution in [-0.2, 0) is 29.8 Å². The molecule has 0 radical (unpaired) electrons. The molecule has 5 rings (SSSR count). The lowest BCUT2D eigenvalue weighted by Gasteiger charge is -2.31. The number of anilines is 1. The van der Waals surface area contributed by atoms with Crippen LogP contribution in [0.5, 0.6) is 5.75 Å². The molecule has 5 atom stereocenters. The fourth-order valence-corrected chi connectivity index (χ4v) is 8.71. The number of nitrogen functional groups attached to an aromatic ring is 1. The fourth-order valence-electron chi connectivity index (χ4n) is 7.13. The fraction of sp³-hybridized carbons (Fsp3) is 0.571. The Kier molecular flexibility index (Phi) is 16.8. The zero-order valence-electron chi connectivity index (χ0n) is 33.6. The third kappa shape index (κ3) is 13.0. The van der Waals surface area contributed by atoms with Crippen LogP contribution in [0.25, 0.3) is 11.2 Å². The van der Waals surface area contributed by atoms with Crippen LogP contribution in [0.15, 0.2) is 67.0 Å². The molecule has 3 heterocycles. The molecule has 13 nitrogen and oxygen atoms in total. The predicted molar refractivity (Wildman–Crippen MR) is 218 cm³/mol. The number of para-hydroxylation sites is 1. The van der Waals surface area contributed by atoms with Crippen molar-refractivity contribution in [3.05, 3.63) is 78.6 Å². The molecule has 1 unspecified atom stereocenters. The largest absolute Gasteiger partial charge is 0.464 e. The van der Waals surface area contributed by atoms with Crippen molar-refractivity contribution < 1.29 is 37.4 Å². The summed E-state index contributed by atoms with van der Waals surface area (Å²) in [5, 5.41) is 14.2. The molecule has 312 valence electrons. The number of ether oxygens (including phenoxy) is 2. The van der Waals surface area contributed by atoms with E-state index in [1.165, 1.54) is 49.4 Å². The third-order valence-electron chi connectivity index (χ3n) is 10.5. The number of fused-ring (bicyclic) bond motifs is 1. The summed E-state index contributed by atoms with van der Waals surface area (Å²) in [4.78, 5) is 25.7. The van der Waals surface area contributed by atoms with Gasteiger partial charge in [-0.05, 0) is 49.8 Å². The molecule has 0 aliphatic carbocycles. The van der Waals surface area contributed by atoms with Gasteiger partial charge < -0.3 is 24.8 Å². The molecule has 1 fully saturated rings. The van der Waals surface area contributed by atoms with E-state index in [4.69, 9.17) is 24.3 Å². The van der Waals surface area contributed by atoms with E-state index in [1.54, 1.807) is 37.3 Å². The van der Waals surface area contributed by atoms with Crippen LogP contribution in [0.4, 0.5) is 10.2 Å². The Hall–Kier alpha value is -3.94. The third-order valence-corrected chi connectivity index (χ3v) is 12.1. The van der Waals surface area contributed by atoms with Gasteiger partial charge in [-0.3, -0.25) is 13.9 Å². The van der Waals surface area contributed by atoms with Crippen molar-refractivity contribution in [1.82, 2.24) is 24.6 Å². The van der Waals surface area contributed by atoms with Crippen LogP contribution >= 0.6 is 7.75 Å². The first-order valence-corrected chi connectivity index (χ1v) is 22.1. The minimum absolute atomic E-state index is 0.0510. The van der Waals surface area contributed by atoms with Gasteiger partial charge in [0, 0.05) is 6.42 Å². The maximum atomic E-state index is 14.9. The van der Waals surface area contributed by atoms with Crippen molar-refractivity contribution in [3.63, 3.8) is 0 Å². The van der Waals surface area contributed by atoms with E-state index < -0.39 is 50.4 Å². The molecule has 57 heavy (non-hydrogen) atoms. The molecule has 1 aliphatic rings. The van der Waals surface area contributed by atoms with Crippen LogP contribution in [-0.4, -0.2) is 61.6 Å². The Morgan fingerprint density at radius 3 is 2.28 bits per heavy atom. The van der Waals surface area contributed by atoms with E-state index >= 15 is 0 Å². The number of nitrogens with two attached hydrogens (primary N) is 1. The summed E-state index contributed by atoms with van der Waals surface area (Å²) in [5.74, 6) is -0.231. The summed E-state index contributed by atoms with van der Waals surface area (Å²) in [5.41, 5.74) is 5.53. The monoisotopic (exact) mass is 810 g/mol. The average molecular weight is 811 g/mol. The molecule has 15 heteroatoms. The smallest absolute Gasteiger partial charge is 0.459 e. The highest BCUT2D eigenvalue weighted by Crippen LogP contribution is 2.48. The number of rotatable bonds is 25. The number of imidazole rings is 1. The number of nitrogens with one attached hydrogen (secondary N) is 1.